The first-order chi connectivity index (χ1) is 10.1. The molecule has 0 aliphatic rings. The fourth-order valence-electron chi connectivity index (χ4n) is 2.01. The largest absolute Gasteiger partial charge is 0.465 e. The highest BCUT2D eigenvalue weighted by Crippen LogP contribution is 2.16. The summed E-state index contributed by atoms with van der Waals surface area (Å²) in [6.45, 7) is 7.90. The van der Waals surface area contributed by atoms with Gasteiger partial charge in [0.2, 0.25) is 5.91 Å². The molecule has 0 aliphatic carbocycles. The summed E-state index contributed by atoms with van der Waals surface area (Å²) >= 11 is 0. The Balaban J connectivity index is 3.04. The van der Waals surface area contributed by atoms with Crippen molar-refractivity contribution in [3.05, 3.63) is 59.8 Å². The van der Waals surface area contributed by atoms with E-state index in [9.17, 15) is 9.59 Å². The van der Waals surface area contributed by atoms with E-state index in [0.717, 1.165) is 17.5 Å². The summed E-state index contributed by atoms with van der Waals surface area (Å²) in [5.41, 5.74) is 2.52. The van der Waals surface area contributed by atoms with Crippen LogP contribution in [0, 0.1) is 0 Å². The van der Waals surface area contributed by atoms with Crippen molar-refractivity contribution in [3.8, 4) is 0 Å². The summed E-state index contributed by atoms with van der Waals surface area (Å²) in [6, 6.07) is 5.37. The molecular formula is C17H21NO3. The van der Waals surface area contributed by atoms with Crippen LogP contribution < -0.4 is 0 Å². The quantitative estimate of drug-likeness (QED) is 0.596. The third-order valence-corrected chi connectivity index (χ3v) is 3.16. The molecule has 21 heavy (non-hydrogen) atoms. The Morgan fingerprint density at radius 2 is 2.05 bits per heavy atom. The van der Waals surface area contributed by atoms with Gasteiger partial charge in [0.05, 0.1) is 19.2 Å². The lowest BCUT2D eigenvalue weighted by Crippen LogP contribution is -2.23. The number of benzene rings is 1. The van der Waals surface area contributed by atoms with E-state index in [1.54, 1.807) is 19.1 Å². The molecule has 0 fully saturated rings. The summed E-state index contributed by atoms with van der Waals surface area (Å²) in [7, 11) is 1.36. The number of hydrogen-bond donors (Lipinski definition) is 0. The van der Waals surface area contributed by atoms with E-state index in [1.807, 2.05) is 19.1 Å². The first kappa shape index (κ1) is 16.7. The second-order valence-electron chi connectivity index (χ2n) is 4.48. The van der Waals surface area contributed by atoms with Gasteiger partial charge >= 0.3 is 5.97 Å². The number of ether oxygens (including phenoxy) is 1. The molecule has 1 aromatic carbocycles. The second-order valence-corrected chi connectivity index (χ2v) is 4.48. The number of rotatable bonds is 6. The second kappa shape index (κ2) is 8.04. The number of methoxy groups -OCH3 is 1. The summed E-state index contributed by atoms with van der Waals surface area (Å²) in [6.07, 6.45) is 5.47. The molecule has 0 radical (unpaired) electrons. The molecule has 0 heterocycles. The van der Waals surface area contributed by atoms with Gasteiger partial charge in [-0.2, -0.15) is 0 Å². The third-order valence-electron chi connectivity index (χ3n) is 3.16. The van der Waals surface area contributed by atoms with E-state index in [4.69, 9.17) is 4.74 Å². The van der Waals surface area contributed by atoms with Crippen molar-refractivity contribution in [2.45, 2.75) is 26.8 Å². The fraction of sp³-hybridized carbons (Fsp3) is 0.294. The van der Waals surface area contributed by atoms with Crippen LogP contribution in [0.4, 0.5) is 0 Å². The number of amides is 1. The van der Waals surface area contributed by atoms with Crippen LogP contribution in [0.5, 0.6) is 0 Å². The average molecular weight is 287 g/mol. The van der Waals surface area contributed by atoms with Crippen LogP contribution in [0.1, 0.15) is 35.3 Å². The highest BCUT2D eigenvalue weighted by atomic mass is 16.5. The number of aryl methyl sites for hydroxylation is 1. The number of nitrogens with zero attached hydrogens (tertiary/aromatic N) is 1. The van der Waals surface area contributed by atoms with Crippen molar-refractivity contribution in [3.63, 3.8) is 0 Å². The van der Waals surface area contributed by atoms with Gasteiger partial charge in [-0.15, -0.1) is 0 Å². The maximum absolute atomic E-state index is 11.9. The molecule has 4 nitrogen and oxygen atoms in total. The topological polar surface area (TPSA) is 46.6 Å². The molecule has 4 heteroatoms. The Bertz CT molecular complexity index is 561. The minimum atomic E-state index is -0.359. The minimum Gasteiger partial charge on any atom is -0.465 e. The molecule has 0 spiro atoms. The summed E-state index contributed by atoms with van der Waals surface area (Å²) in [5.74, 6) is -0.478. The molecule has 1 amide bonds. The molecular weight excluding hydrogens is 266 g/mol. The summed E-state index contributed by atoms with van der Waals surface area (Å²) < 4.78 is 4.72. The fourth-order valence-corrected chi connectivity index (χ4v) is 2.01. The molecule has 0 saturated carbocycles. The SMILES string of the molecule is C=CN(Cc1ccc(C(=O)OC)cc1CC)C(=O)/C=C\C. The molecule has 0 N–H and O–H groups in total. The van der Waals surface area contributed by atoms with E-state index in [2.05, 4.69) is 6.58 Å². The molecule has 0 aliphatic heterocycles. The zero-order chi connectivity index (χ0) is 15.8. The van der Waals surface area contributed by atoms with Crippen molar-refractivity contribution in [2.24, 2.45) is 0 Å². The number of esters is 1. The van der Waals surface area contributed by atoms with Gasteiger partial charge in [-0.3, -0.25) is 4.79 Å². The van der Waals surface area contributed by atoms with Crippen molar-refractivity contribution in [1.29, 1.82) is 0 Å². The Hall–Kier alpha value is -2.36. The Labute approximate surface area is 125 Å². The van der Waals surface area contributed by atoms with E-state index < -0.39 is 0 Å². The summed E-state index contributed by atoms with van der Waals surface area (Å²) in [5, 5.41) is 0. The number of carbonyl (C=O) groups excluding carboxylic acids is 2. The first-order valence-electron chi connectivity index (χ1n) is 6.83. The third kappa shape index (κ3) is 4.31. The van der Waals surface area contributed by atoms with Gasteiger partial charge in [-0.25, -0.2) is 4.79 Å². The minimum absolute atomic E-state index is 0.119. The van der Waals surface area contributed by atoms with Gasteiger partial charge in [0, 0.05) is 6.20 Å². The van der Waals surface area contributed by atoms with Gasteiger partial charge in [-0.05, 0) is 42.7 Å². The lowest BCUT2D eigenvalue weighted by Gasteiger charge is -2.18. The van der Waals surface area contributed by atoms with Crippen LogP contribution >= 0.6 is 0 Å². The van der Waals surface area contributed by atoms with Gasteiger partial charge in [0.25, 0.3) is 0 Å². The Morgan fingerprint density at radius 1 is 1.33 bits per heavy atom. The molecule has 0 atom stereocenters. The van der Waals surface area contributed by atoms with E-state index in [-0.39, 0.29) is 11.9 Å². The maximum atomic E-state index is 11.9. The standard InChI is InChI=1S/C17H21NO3/c1-5-8-16(19)18(7-3)12-15-10-9-14(17(20)21-4)11-13(15)6-2/h5,7-11H,3,6,12H2,1-2,4H3/b8-5-. The predicted molar refractivity (Wildman–Crippen MR) is 82.7 cm³/mol. The van der Waals surface area contributed by atoms with Crippen LogP contribution in [0.2, 0.25) is 0 Å². The molecule has 1 aromatic rings. The van der Waals surface area contributed by atoms with Gasteiger partial charge in [-0.1, -0.05) is 25.6 Å². The first-order valence-corrected chi connectivity index (χ1v) is 6.83. The lowest BCUT2D eigenvalue weighted by molar-refractivity contribution is -0.124. The van der Waals surface area contributed by atoms with Crippen LogP contribution in [0.15, 0.2) is 43.1 Å². The van der Waals surface area contributed by atoms with Gasteiger partial charge in [0.15, 0.2) is 0 Å². The number of carbonyl (C=O) groups is 2. The van der Waals surface area contributed by atoms with Crippen molar-refractivity contribution >= 4 is 11.9 Å². The van der Waals surface area contributed by atoms with Gasteiger partial charge < -0.3 is 9.64 Å². The Morgan fingerprint density at radius 3 is 2.57 bits per heavy atom. The average Bonchev–Trinajstić information content (AvgIpc) is 2.51. The van der Waals surface area contributed by atoms with Crippen molar-refractivity contribution in [2.75, 3.05) is 7.11 Å². The molecule has 0 unspecified atom stereocenters. The normalized spacial score (nSPS) is 10.4. The van der Waals surface area contributed by atoms with Crippen LogP contribution in [-0.4, -0.2) is 23.9 Å². The number of allylic oxidation sites excluding steroid dienone is 1. The lowest BCUT2D eigenvalue weighted by atomic mass is 10.0. The highest BCUT2D eigenvalue weighted by Gasteiger charge is 2.13. The Kier molecular flexibility index (Phi) is 6.40. The van der Waals surface area contributed by atoms with Crippen molar-refractivity contribution in [1.82, 2.24) is 4.90 Å². The van der Waals surface area contributed by atoms with Crippen LogP contribution in [0.25, 0.3) is 0 Å². The monoisotopic (exact) mass is 287 g/mol. The van der Waals surface area contributed by atoms with Crippen LogP contribution in [-0.2, 0) is 22.5 Å². The zero-order valence-corrected chi connectivity index (χ0v) is 12.8. The molecule has 112 valence electrons. The number of hydrogen-bond acceptors (Lipinski definition) is 3. The molecule has 1 rings (SSSR count). The molecule has 0 aromatic heterocycles. The molecule has 0 bridgehead atoms. The highest BCUT2D eigenvalue weighted by molar-refractivity contribution is 5.90. The van der Waals surface area contributed by atoms with Crippen LogP contribution in [0.3, 0.4) is 0 Å². The van der Waals surface area contributed by atoms with Gasteiger partial charge in [0.1, 0.15) is 0 Å². The zero-order valence-electron chi connectivity index (χ0n) is 12.8. The maximum Gasteiger partial charge on any atom is 0.337 e. The molecule has 0 saturated heterocycles. The van der Waals surface area contributed by atoms with E-state index in [0.29, 0.717) is 12.1 Å². The predicted octanol–water partition coefficient (Wildman–Crippen LogP) is 3.08. The van der Waals surface area contributed by atoms with Crippen molar-refractivity contribution < 1.29 is 14.3 Å². The van der Waals surface area contributed by atoms with E-state index >= 15 is 0 Å². The van der Waals surface area contributed by atoms with E-state index in [1.165, 1.54) is 24.3 Å². The smallest absolute Gasteiger partial charge is 0.337 e. The summed E-state index contributed by atoms with van der Waals surface area (Å²) in [4.78, 5) is 25.0.